The summed E-state index contributed by atoms with van der Waals surface area (Å²) in [6, 6.07) is 0. The van der Waals surface area contributed by atoms with E-state index in [1.165, 1.54) is 0 Å². The fourth-order valence-corrected chi connectivity index (χ4v) is 1.53. The molecule has 1 aliphatic heterocycles. The van der Waals surface area contributed by atoms with Crippen LogP contribution in [0.15, 0.2) is 0 Å². The molecule has 78 valence electrons. The van der Waals surface area contributed by atoms with Crippen LogP contribution in [0.3, 0.4) is 0 Å². The average Bonchev–Trinajstić information content (AvgIpc) is 2.52. The molecule has 1 rings (SSSR count). The molecule has 3 heteroatoms. The van der Waals surface area contributed by atoms with Crippen LogP contribution in [0, 0.1) is 5.92 Å². The van der Waals surface area contributed by atoms with Crippen LogP contribution in [0.2, 0.25) is 0 Å². The molecule has 13 heavy (non-hydrogen) atoms. The summed E-state index contributed by atoms with van der Waals surface area (Å²) < 4.78 is 11.1. The van der Waals surface area contributed by atoms with Gasteiger partial charge in [-0.2, -0.15) is 0 Å². The zero-order valence-electron chi connectivity index (χ0n) is 8.93. The van der Waals surface area contributed by atoms with Gasteiger partial charge in [0, 0.05) is 19.1 Å². The van der Waals surface area contributed by atoms with Crippen molar-refractivity contribution < 1.29 is 9.47 Å². The summed E-state index contributed by atoms with van der Waals surface area (Å²) in [5.41, 5.74) is -0.0582. The number of hydrogen-bond donors (Lipinski definition) is 1. The molecule has 0 bridgehead atoms. The van der Waals surface area contributed by atoms with E-state index >= 15 is 0 Å². The van der Waals surface area contributed by atoms with Crippen molar-refractivity contribution in [3.05, 3.63) is 0 Å². The van der Waals surface area contributed by atoms with Gasteiger partial charge in [-0.05, 0) is 27.3 Å². The molecule has 0 aromatic carbocycles. The lowest BCUT2D eigenvalue weighted by atomic mass is 10.1. The van der Waals surface area contributed by atoms with Crippen LogP contribution in [0.4, 0.5) is 0 Å². The van der Waals surface area contributed by atoms with Crippen LogP contribution >= 0.6 is 0 Å². The summed E-state index contributed by atoms with van der Waals surface area (Å²) >= 11 is 0. The molecule has 1 heterocycles. The molecular formula is C10H21NO2. The average molecular weight is 187 g/mol. The minimum absolute atomic E-state index is 0.0582. The Morgan fingerprint density at radius 1 is 1.54 bits per heavy atom. The first-order valence-corrected chi connectivity index (χ1v) is 5.00. The Hall–Kier alpha value is -0.120. The van der Waals surface area contributed by atoms with Crippen molar-refractivity contribution in [3.63, 3.8) is 0 Å². The van der Waals surface area contributed by atoms with E-state index < -0.39 is 0 Å². The standard InChI is InChI=1S/C10H21NO2/c1-10(2,8-11-3)13-7-9-4-5-12-6-9/h9,11H,4-8H2,1-3H3. The maximum atomic E-state index is 5.81. The lowest BCUT2D eigenvalue weighted by Crippen LogP contribution is -2.37. The van der Waals surface area contributed by atoms with Crippen molar-refractivity contribution in [1.29, 1.82) is 0 Å². The van der Waals surface area contributed by atoms with Gasteiger partial charge in [0.1, 0.15) is 0 Å². The van der Waals surface area contributed by atoms with Crippen LogP contribution < -0.4 is 5.32 Å². The molecule has 0 spiro atoms. The smallest absolute Gasteiger partial charge is 0.0750 e. The Kier molecular flexibility index (Phi) is 4.16. The number of nitrogens with one attached hydrogen (secondary N) is 1. The van der Waals surface area contributed by atoms with Crippen molar-refractivity contribution in [2.75, 3.05) is 33.4 Å². The highest BCUT2D eigenvalue weighted by Crippen LogP contribution is 2.16. The molecule has 1 atom stereocenters. The Morgan fingerprint density at radius 3 is 2.85 bits per heavy atom. The summed E-state index contributed by atoms with van der Waals surface area (Å²) in [5, 5.41) is 3.13. The van der Waals surface area contributed by atoms with Gasteiger partial charge in [0.2, 0.25) is 0 Å². The second-order valence-corrected chi connectivity index (χ2v) is 4.33. The summed E-state index contributed by atoms with van der Waals surface area (Å²) in [7, 11) is 1.95. The molecular weight excluding hydrogens is 166 g/mol. The van der Waals surface area contributed by atoms with Gasteiger partial charge in [0.25, 0.3) is 0 Å². The summed E-state index contributed by atoms with van der Waals surface area (Å²) in [4.78, 5) is 0. The molecule has 0 saturated carbocycles. The maximum Gasteiger partial charge on any atom is 0.0750 e. The first-order chi connectivity index (χ1) is 6.14. The minimum atomic E-state index is -0.0582. The lowest BCUT2D eigenvalue weighted by molar-refractivity contribution is -0.0337. The molecule has 0 aromatic heterocycles. The summed E-state index contributed by atoms with van der Waals surface area (Å²) in [6.07, 6.45) is 1.15. The molecule has 3 nitrogen and oxygen atoms in total. The molecule has 1 unspecified atom stereocenters. The molecule has 1 N–H and O–H groups in total. The van der Waals surface area contributed by atoms with E-state index in [1.807, 2.05) is 7.05 Å². The van der Waals surface area contributed by atoms with Crippen LogP contribution in [0.25, 0.3) is 0 Å². The van der Waals surface area contributed by atoms with Gasteiger partial charge < -0.3 is 14.8 Å². The largest absolute Gasteiger partial charge is 0.381 e. The van der Waals surface area contributed by atoms with Crippen LogP contribution in [-0.2, 0) is 9.47 Å². The fraction of sp³-hybridized carbons (Fsp3) is 1.00. The highest BCUT2D eigenvalue weighted by Gasteiger charge is 2.22. The second-order valence-electron chi connectivity index (χ2n) is 4.33. The maximum absolute atomic E-state index is 5.81. The van der Waals surface area contributed by atoms with E-state index in [1.54, 1.807) is 0 Å². The van der Waals surface area contributed by atoms with Crippen molar-refractivity contribution >= 4 is 0 Å². The van der Waals surface area contributed by atoms with Gasteiger partial charge >= 0.3 is 0 Å². The van der Waals surface area contributed by atoms with Crippen LogP contribution in [0.5, 0.6) is 0 Å². The monoisotopic (exact) mass is 187 g/mol. The van der Waals surface area contributed by atoms with Gasteiger partial charge in [-0.15, -0.1) is 0 Å². The zero-order valence-corrected chi connectivity index (χ0v) is 8.93. The van der Waals surface area contributed by atoms with Gasteiger partial charge in [0.05, 0.1) is 18.8 Å². The van der Waals surface area contributed by atoms with Crippen LogP contribution in [0.1, 0.15) is 20.3 Å². The van der Waals surface area contributed by atoms with E-state index in [4.69, 9.17) is 9.47 Å². The van der Waals surface area contributed by atoms with Crippen molar-refractivity contribution in [2.24, 2.45) is 5.92 Å². The van der Waals surface area contributed by atoms with Gasteiger partial charge in [-0.25, -0.2) is 0 Å². The minimum Gasteiger partial charge on any atom is -0.381 e. The normalized spacial score (nSPS) is 23.8. The second kappa shape index (κ2) is 4.94. The molecule has 1 fully saturated rings. The first-order valence-electron chi connectivity index (χ1n) is 5.00. The van der Waals surface area contributed by atoms with Crippen LogP contribution in [-0.4, -0.2) is 39.0 Å². The van der Waals surface area contributed by atoms with E-state index in [0.29, 0.717) is 5.92 Å². The molecule has 0 amide bonds. The zero-order chi connectivity index (χ0) is 9.73. The number of rotatable bonds is 5. The topological polar surface area (TPSA) is 30.5 Å². The predicted molar refractivity (Wildman–Crippen MR) is 52.9 cm³/mol. The van der Waals surface area contributed by atoms with Crippen molar-refractivity contribution in [3.8, 4) is 0 Å². The summed E-state index contributed by atoms with van der Waals surface area (Å²) in [5.74, 6) is 0.608. The van der Waals surface area contributed by atoms with Gasteiger partial charge in [-0.3, -0.25) is 0 Å². The Morgan fingerprint density at radius 2 is 2.31 bits per heavy atom. The third-order valence-electron chi connectivity index (χ3n) is 2.34. The van der Waals surface area contributed by atoms with E-state index in [2.05, 4.69) is 19.2 Å². The number of hydrogen-bond acceptors (Lipinski definition) is 3. The lowest BCUT2D eigenvalue weighted by Gasteiger charge is -2.26. The SMILES string of the molecule is CNCC(C)(C)OCC1CCOC1. The highest BCUT2D eigenvalue weighted by molar-refractivity contribution is 4.72. The first kappa shape index (κ1) is 11.0. The molecule has 0 aliphatic carbocycles. The number of likely N-dealkylation sites (N-methyl/N-ethyl adjacent to an activating group) is 1. The Bertz CT molecular complexity index is 142. The van der Waals surface area contributed by atoms with Gasteiger partial charge in [0.15, 0.2) is 0 Å². The summed E-state index contributed by atoms with van der Waals surface area (Å²) in [6.45, 7) is 7.71. The van der Waals surface area contributed by atoms with E-state index in [0.717, 1.165) is 32.8 Å². The number of ether oxygens (including phenoxy) is 2. The highest BCUT2D eigenvalue weighted by atomic mass is 16.5. The van der Waals surface area contributed by atoms with Crippen molar-refractivity contribution in [2.45, 2.75) is 25.9 Å². The predicted octanol–water partition coefficient (Wildman–Crippen LogP) is 1.04. The third-order valence-corrected chi connectivity index (χ3v) is 2.34. The quantitative estimate of drug-likeness (QED) is 0.697. The molecule has 1 aliphatic rings. The van der Waals surface area contributed by atoms with E-state index in [-0.39, 0.29) is 5.60 Å². The molecule has 0 aromatic rings. The Balaban J connectivity index is 2.15. The van der Waals surface area contributed by atoms with Gasteiger partial charge in [-0.1, -0.05) is 0 Å². The molecule has 0 radical (unpaired) electrons. The fourth-order valence-electron chi connectivity index (χ4n) is 1.53. The third kappa shape index (κ3) is 4.07. The van der Waals surface area contributed by atoms with Crippen molar-refractivity contribution in [1.82, 2.24) is 5.32 Å². The molecule has 1 saturated heterocycles. The Labute approximate surface area is 80.8 Å². The van der Waals surface area contributed by atoms with E-state index in [9.17, 15) is 0 Å².